The first-order valence-corrected chi connectivity index (χ1v) is 7.98. The summed E-state index contributed by atoms with van der Waals surface area (Å²) in [6.45, 7) is 0. The molecular formula is C17H9ClFN7O. The van der Waals surface area contributed by atoms with Gasteiger partial charge in [-0.2, -0.15) is 10.4 Å². The lowest BCUT2D eigenvalue weighted by molar-refractivity contribution is 0.631. The number of fused-ring (bicyclic) bond motifs is 1. The van der Waals surface area contributed by atoms with Crippen molar-refractivity contribution < 1.29 is 4.39 Å². The van der Waals surface area contributed by atoms with E-state index in [0.717, 1.165) is 0 Å². The van der Waals surface area contributed by atoms with Crippen molar-refractivity contribution in [3.05, 3.63) is 63.7 Å². The third-order valence-corrected chi connectivity index (χ3v) is 4.11. The van der Waals surface area contributed by atoms with E-state index in [1.54, 1.807) is 0 Å². The molecule has 27 heavy (non-hydrogen) atoms. The average Bonchev–Trinajstić information content (AvgIpc) is 3.15. The molecule has 0 radical (unpaired) electrons. The quantitative estimate of drug-likeness (QED) is 0.501. The van der Waals surface area contributed by atoms with Gasteiger partial charge >= 0.3 is 0 Å². The van der Waals surface area contributed by atoms with Crippen molar-refractivity contribution in [2.45, 2.75) is 0 Å². The second-order valence-corrected chi connectivity index (χ2v) is 5.95. The molecule has 10 heteroatoms. The summed E-state index contributed by atoms with van der Waals surface area (Å²) in [5.41, 5.74) is 0.140. The van der Waals surface area contributed by atoms with Crippen LogP contribution in [-0.2, 0) is 0 Å². The molecule has 0 spiro atoms. The van der Waals surface area contributed by atoms with E-state index in [4.69, 9.17) is 11.6 Å². The van der Waals surface area contributed by atoms with Crippen LogP contribution >= 0.6 is 11.6 Å². The van der Waals surface area contributed by atoms with Crippen molar-refractivity contribution in [2.24, 2.45) is 0 Å². The Bertz CT molecular complexity index is 1270. The Morgan fingerprint density at radius 2 is 2.07 bits per heavy atom. The zero-order valence-corrected chi connectivity index (χ0v) is 14.2. The normalized spacial score (nSPS) is 10.7. The van der Waals surface area contributed by atoms with E-state index in [1.807, 2.05) is 6.07 Å². The van der Waals surface area contributed by atoms with Crippen LogP contribution in [-0.4, -0.2) is 25.1 Å². The lowest BCUT2D eigenvalue weighted by atomic mass is 10.1. The summed E-state index contributed by atoms with van der Waals surface area (Å²) in [6.07, 6.45) is 2.84. The van der Waals surface area contributed by atoms with E-state index in [9.17, 15) is 14.4 Å². The molecule has 0 aliphatic carbocycles. The van der Waals surface area contributed by atoms with Crippen LogP contribution in [0.2, 0.25) is 5.02 Å². The molecule has 3 aromatic heterocycles. The predicted molar refractivity (Wildman–Crippen MR) is 97.1 cm³/mol. The standard InChI is InChI=1S/C17H9ClFN7O/c18-8-1-2-12(19)9(3-8)10-4-13(14(5-20)25-17(10)27)24-15-11-6-23-26-16(11)22-7-21-15/h1-4,6-7H,(H,25,27)(H2,21,22,23,24,26). The van der Waals surface area contributed by atoms with Gasteiger partial charge in [-0.25, -0.2) is 14.4 Å². The Kier molecular flexibility index (Phi) is 4.02. The fraction of sp³-hybridized carbons (Fsp3) is 0. The highest BCUT2D eigenvalue weighted by Gasteiger charge is 2.15. The van der Waals surface area contributed by atoms with E-state index < -0.39 is 11.4 Å². The van der Waals surface area contributed by atoms with Crippen LogP contribution in [0.3, 0.4) is 0 Å². The van der Waals surface area contributed by atoms with Gasteiger partial charge in [0.05, 0.1) is 22.8 Å². The highest BCUT2D eigenvalue weighted by molar-refractivity contribution is 6.30. The second kappa shape index (κ2) is 6.51. The zero-order chi connectivity index (χ0) is 19.0. The molecule has 8 nitrogen and oxygen atoms in total. The summed E-state index contributed by atoms with van der Waals surface area (Å²) >= 11 is 5.93. The summed E-state index contributed by atoms with van der Waals surface area (Å²) in [6, 6.07) is 7.17. The molecule has 0 bridgehead atoms. The molecule has 3 N–H and O–H groups in total. The van der Waals surface area contributed by atoms with Crippen LogP contribution in [0.4, 0.5) is 15.9 Å². The Hall–Kier alpha value is -3.77. The Morgan fingerprint density at radius 3 is 2.89 bits per heavy atom. The highest BCUT2D eigenvalue weighted by atomic mass is 35.5. The van der Waals surface area contributed by atoms with Gasteiger partial charge in [-0.15, -0.1) is 0 Å². The van der Waals surface area contributed by atoms with Gasteiger partial charge < -0.3 is 10.3 Å². The first-order chi connectivity index (χ1) is 13.1. The summed E-state index contributed by atoms with van der Waals surface area (Å²) in [5, 5.41) is 19.8. The fourth-order valence-electron chi connectivity index (χ4n) is 2.61. The first-order valence-electron chi connectivity index (χ1n) is 7.61. The number of nitrogens with one attached hydrogen (secondary N) is 3. The van der Waals surface area contributed by atoms with E-state index in [0.29, 0.717) is 16.9 Å². The molecule has 0 unspecified atom stereocenters. The maximum Gasteiger partial charge on any atom is 0.257 e. The number of anilines is 2. The molecule has 0 atom stereocenters. The Balaban J connectivity index is 1.88. The number of nitriles is 1. The minimum Gasteiger partial charge on any atom is -0.337 e. The van der Waals surface area contributed by atoms with Crippen molar-refractivity contribution in [3.63, 3.8) is 0 Å². The molecular weight excluding hydrogens is 373 g/mol. The van der Waals surface area contributed by atoms with Crippen molar-refractivity contribution in [2.75, 3.05) is 5.32 Å². The highest BCUT2D eigenvalue weighted by Crippen LogP contribution is 2.28. The van der Waals surface area contributed by atoms with Gasteiger partial charge in [-0.1, -0.05) is 11.6 Å². The van der Waals surface area contributed by atoms with Gasteiger partial charge in [0, 0.05) is 10.6 Å². The van der Waals surface area contributed by atoms with E-state index in [1.165, 1.54) is 36.8 Å². The number of benzene rings is 1. The van der Waals surface area contributed by atoms with Gasteiger partial charge in [0.15, 0.2) is 5.65 Å². The summed E-state index contributed by atoms with van der Waals surface area (Å²) in [5.74, 6) is -0.241. The van der Waals surface area contributed by atoms with Gasteiger partial charge in [-0.05, 0) is 24.3 Å². The summed E-state index contributed by atoms with van der Waals surface area (Å²) in [4.78, 5) is 23.0. The number of nitrogens with zero attached hydrogens (tertiary/aromatic N) is 4. The van der Waals surface area contributed by atoms with Crippen molar-refractivity contribution in [3.8, 4) is 17.2 Å². The van der Waals surface area contributed by atoms with E-state index in [-0.39, 0.29) is 27.5 Å². The van der Waals surface area contributed by atoms with Crippen LogP contribution in [0.5, 0.6) is 0 Å². The average molecular weight is 382 g/mol. The van der Waals surface area contributed by atoms with Crippen LogP contribution in [0.25, 0.3) is 22.2 Å². The Labute approximate surface area is 155 Å². The maximum absolute atomic E-state index is 14.2. The van der Waals surface area contributed by atoms with Crippen LogP contribution in [0.1, 0.15) is 5.69 Å². The molecule has 0 amide bonds. The molecule has 3 heterocycles. The lowest BCUT2D eigenvalue weighted by Crippen LogP contribution is -2.13. The van der Waals surface area contributed by atoms with Gasteiger partial charge in [-0.3, -0.25) is 9.89 Å². The maximum atomic E-state index is 14.2. The molecule has 4 rings (SSSR count). The number of H-pyrrole nitrogens is 2. The van der Waals surface area contributed by atoms with Gasteiger partial charge in [0.1, 0.15) is 29.7 Å². The van der Waals surface area contributed by atoms with Gasteiger partial charge in [0.25, 0.3) is 5.56 Å². The number of pyridine rings is 1. The molecule has 1 aromatic carbocycles. The van der Waals surface area contributed by atoms with Crippen molar-refractivity contribution >= 4 is 34.1 Å². The summed E-state index contributed by atoms with van der Waals surface area (Å²) in [7, 11) is 0. The molecule has 0 aliphatic rings. The number of rotatable bonds is 3. The number of hydrogen-bond donors (Lipinski definition) is 3. The minimum atomic E-state index is -0.616. The largest absolute Gasteiger partial charge is 0.337 e. The number of aromatic nitrogens is 5. The van der Waals surface area contributed by atoms with Crippen LogP contribution in [0.15, 0.2) is 41.6 Å². The molecule has 4 aromatic rings. The second-order valence-electron chi connectivity index (χ2n) is 5.52. The predicted octanol–water partition coefficient (Wildman–Crippen LogP) is 3.12. The first kappa shape index (κ1) is 16.7. The molecule has 0 saturated carbocycles. The lowest BCUT2D eigenvalue weighted by Gasteiger charge is -2.10. The SMILES string of the molecule is N#Cc1[nH]c(=O)c(-c2cc(Cl)ccc2F)cc1Nc1ncnc2[nH]ncc12. The van der Waals surface area contributed by atoms with Crippen molar-refractivity contribution in [1.82, 2.24) is 25.1 Å². The minimum absolute atomic E-state index is 0.0208. The molecule has 0 aliphatic heterocycles. The number of halogens is 2. The number of hydrogen-bond acceptors (Lipinski definition) is 6. The molecule has 0 fully saturated rings. The molecule has 132 valence electrons. The summed E-state index contributed by atoms with van der Waals surface area (Å²) < 4.78 is 14.2. The van der Waals surface area contributed by atoms with E-state index in [2.05, 4.69) is 30.5 Å². The zero-order valence-electron chi connectivity index (χ0n) is 13.4. The third kappa shape index (κ3) is 2.98. The monoisotopic (exact) mass is 381 g/mol. The topological polar surface area (TPSA) is 123 Å². The number of aromatic amines is 2. The Morgan fingerprint density at radius 1 is 1.22 bits per heavy atom. The third-order valence-electron chi connectivity index (χ3n) is 3.87. The van der Waals surface area contributed by atoms with Gasteiger partial charge in [0.2, 0.25) is 0 Å². The van der Waals surface area contributed by atoms with Crippen LogP contribution < -0.4 is 10.9 Å². The van der Waals surface area contributed by atoms with Crippen LogP contribution in [0, 0.1) is 17.1 Å². The molecule has 0 saturated heterocycles. The van der Waals surface area contributed by atoms with Crippen molar-refractivity contribution in [1.29, 1.82) is 5.26 Å². The fourth-order valence-corrected chi connectivity index (χ4v) is 2.79. The van der Waals surface area contributed by atoms with E-state index >= 15 is 0 Å². The smallest absolute Gasteiger partial charge is 0.257 e.